The predicted octanol–water partition coefficient (Wildman–Crippen LogP) is 0.532. The van der Waals surface area contributed by atoms with Crippen LogP contribution in [0.5, 0.6) is 5.75 Å². The zero-order chi connectivity index (χ0) is 11.8. The maximum absolute atomic E-state index is 11.3. The minimum absolute atomic E-state index is 0.109. The van der Waals surface area contributed by atoms with E-state index in [9.17, 15) is 13.5 Å². The van der Waals surface area contributed by atoms with Crippen molar-refractivity contribution in [3.05, 3.63) is 29.8 Å². The molecule has 1 heterocycles. The molecular weight excluding hydrogens is 228 g/mol. The summed E-state index contributed by atoms with van der Waals surface area (Å²) in [5.41, 5.74) is 0.930. The van der Waals surface area contributed by atoms with E-state index in [1.54, 1.807) is 6.07 Å². The van der Waals surface area contributed by atoms with Crippen molar-refractivity contribution in [2.75, 3.05) is 11.5 Å². The van der Waals surface area contributed by atoms with Crippen molar-refractivity contribution in [1.29, 1.82) is 0 Å². The van der Waals surface area contributed by atoms with Gasteiger partial charge in [-0.05, 0) is 18.6 Å². The van der Waals surface area contributed by atoms with Crippen LogP contribution >= 0.6 is 0 Å². The Kier molecular flexibility index (Phi) is 2.90. The lowest BCUT2D eigenvalue weighted by molar-refractivity contribution is 0.0733. The third-order valence-electron chi connectivity index (χ3n) is 2.64. The molecule has 0 bridgehead atoms. The summed E-state index contributed by atoms with van der Waals surface area (Å²) >= 11 is 0. The second-order valence-electron chi connectivity index (χ2n) is 4.07. The molecule has 0 radical (unpaired) electrons. The van der Waals surface area contributed by atoms with Crippen LogP contribution in [0.3, 0.4) is 0 Å². The highest BCUT2D eigenvalue weighted by Crippen LogP contribution is 2.23. The highest BCUT2D eigenvalue weighted by Gasteiger charge is 2.38. The molecule has 1 aromatic carbocycles. The van der Waals surface area contributed by atoms with Gasteiger partial charge < -0.3 is 9.84 Å². The van der Waals surface area contributed by atoms with Crippen molar-refractivity contribution in [2.24, 2.45) is 0 Å². The molecule has 0 amide bonds. The van der Waals surface area contributed by atoms with E-state index >= 15 is 0 Å². The molecule has 0 aliphatic carbocycles. The van der Waals surface area contributed by atoms with Crippen LogP contribution in [-0.2, 0) is 9.84 Å². The fraction of sp³-hybridized carbons (Fsp3) is 0.455. The number of ether oxygens (including phenoxy) is 1. The van der Waals surface area contributed by atoms with Crippen molar-refractivity contribution in [1.82, 2.24) is 0 Å². The van der Waals surface area contributed by atoms with E-state index in [-0.39, 0.29) is 11.5 Å². The lowest BCUT2D eigenvalue weighted by atomic mass is 10.2. The molecule has 1 aliphatic heterocycles. The molecular formula is C11H14O4S. The number of sulfone groups is 1. The fourth-order valence-corrected chi connectivity index (χ4v) is 3.42. The van der Waals surface area contributed by atoms with E-state index in [0.717, 1.165) is 5.56 Å². The van der Waals surface area contributed by atoms with Gasteiger partial charge in [-0.3, -0.25) is 0 Å². The van der Waals surface area contributed by atoms with Gasteiger partial charge in [0.15, 0.2) is 9.84 Å². The molecule has 5 heteroatoms. The number of hydrogen-bond acceptors (Lipinski definition) is 4. The van der Waals surface area contributed by atoms with Gasteiger partial charge in [-0.25, -0.2) is 8.42 Å². The van der Waals surface area contributed by atoms with Crippen molar-refractivity contribution in [3.8, 4) is 5.75 Å². The van der Waals surface area contributed by atoms with Crippen LogP contribution in [0, 0.1) is 6.92 Å². The van der Waals surface area contributed by atoms with Crippen molar-refractivity contribution in [2.45, 2.75) is 19.1 Å². The van der Waals surface area contributed by atoms with Gasteiger partial charge in [0.05, 0.1) is 11.5 Å². The molecule has 0 spiro atoms. The number of para-hydroxylation sites is 1. The van der Waals surface area contributed by atoms with Gasteiger partial charge in [-0.1, -0.05) is 18.2 Å². The van der Waals surface area contributed by atoms with E-state index in [1.165, 1.54) is 0 Å². The smallest absolute Gasteiger partial charge is 0.156 e. The number of benzene rings is 1. The molecule has 2 rings (SSSR count). The van der Waals surface area contributed by atoms with Crippen molar-refractivity contribution < 1.29 is 18.3 Å². The molecule has 0 saturated carbocycles. The van der Waals surface area contributed by atoms with Crippen molar-refractivity contribution in [3.63, 3.8) is 0 Å². The normalized spacial score (nSPS) is 27.9. The summed E-state index contributed by atoms with van der Waals surface area (Å²) in [5, 5.41) is 9.57. The quantitative estimate of drug-likeness (QED) is 0.821. The summed E-state index contributed by atoms with van der Waals surface area (Å²) in [6.07, 6.45) is -1.57. The van der Waals surface area contributed by atoms with Crippen LogP contribution in [0.15, 0.2) is 24.3 Å². The van der Waals surface area contributed by atoms with Gasteiger partial charge in [0.1, 0.15) is 18.0 Å². The SMILES string of the molecule is Cc1ccccc1OC1CS(=O)(=O)CC1O. The molecule has 1 saturated heterocycles. The minimum atomic E-state index is -3.15. The Morgan fingerprint density at radius 2 is 2.00 bits per heavy atom. The average molecular weight is 242 g/mol. The lowest BCUT2D eigenvalue weighted by Crippen LogP contribution is -2.29. The molecule has 0 aromatic heterocycles. The van der Waals surface area contributed by atoms with Gasteiger partial charge in [0.25, 0.3) is 0 Å². The molecule has 1 aromatic rings. The third kappa shape index (κ3) is 2.36. The Morgan fingerprint density at radius 1 is 1.31 bits per heavy atom. The summed E-state index contributed by atoms with van der Waals surface area (Å²) in [5.74, 6) is 0.315. The van der Waals surface area contributed by atoms with E-state index in [0.29, 0.717) is 5.75 Å². The molecule has 1 fully saturated rings. The lowest BCUT2D eigenvalue weighted by Gasteiger charge is -2.16. The Balaban J connectivity index is 2.15. The first-order valence-corrected chi connectivity index (χ1v) is 6.91. The first-order chi connectivity index (χ1) is 7.48. The monoisotopic (exact) mass is 242 g/mol. The van der Waals surface area contributed by atoms with E-state index < -0.39 is 22.0 Å². The second kappa shape index (κ2) is 4.07. The highest BCUT2D eigenvalue weighted by atomic mass is 32.2. The maximum Gasteiger partial charge on any atom is 0.156 e. The number of rotatable bonds is 2. The summed E-state index contributed by atoms with van der Waals surface area (Å²) in [7, 11) is -3.15. The number of aliphatic hydroxyl groups is 1. The van der Waals surface area contributed by atoms with Crippen LogP contribution in [0.4, 0.5) is 0 Å². The zero-order valence-electron chi connectivity index (χ0n) is 8.96. The molecule has 4 nitrogen and oxygen atoms in total. The Hall–Kier alpha value is -1.07. The largest absolute Gasteiger partial charge is 0.486 e. The molecule has 2 atom stereocenters. The number of aliphatic hydroxyl groups excluding tert-OH is 1. The maximum atomic E-state index is 11.3. The first kappa shape index (κ1) is 11.4. The third-order valence-corrected chi connectivity index (χ3v) is 4.33. The second-order valence-corrected chi connectivity index (χ2v) is 6.22. The van der Waals surface area contributed by atoms with Gasteiger partial charge in [-0.2, -0.15) is 0 Å². The Morgan fingerprint density at radius 3 is 2.56 bits per heavy atom. The molecule has 88 valence electrons. The summed E-state index contributed by atoms with van der Waals surface area (Å²) in [4.78, 5) is 0. The number of hydrogen-bond donors (Lipinski definition) is 1. The fourth-order valence-electron chi connectivity index (χ4n) is 1.76. The molecule has 1 N–H and O–H groups in total. The van der Waals surface area contributed by atoms with Crippen LogP contribution in [-0.4, -0.2) is 37.2 Å². The first-order valence-electron chi connectivity index (χ1n) is 5.09. The van der Waals surface area contributed by atoms with Crippen LogP contribution < -0.4 is 4.74 Å². The Labute approximate surface area is 94.8 Å². The van der Waals surface area contributed by atoms with Gasteiger partial charge in [-0.15, -0.1) is 0 Å². The molecule has 2 unspecified atom stereocenters. The van der Waals surface area contributed by atoms with Crippen LogP contribution in [0.2, 0.25) is 0 Å². The van der Waals surface area contributed by atoms with Gasteiger partial charge >= 0.3 is 0 Å². The summed E-state index contributed by atoms with van der Waals surface area (Å²) in [6.45, 7) is 1.88. The zero-order valence-corrected chi connectivity index (χ0v) is 9.78. The molecule has 16 heavy (non-hydrogen) atoms. The topological polar surface area (TPSA) is 63.6 Å². The number of aryl methyl sites for hydroxylation is 1. The van der Waals surface area contributed by atoms with E-state index in [1.807, 2.05) is 25.1 Å². The standard InChI is InChI=1S/C11H14O4S/c1-8-4-2-3-5-10(8)15-11-7-16(13,14)6-9(11)12/h2-5,9,11-12H,6-7H2,1H3. The summed E-state index contributed by atoms with van der Waals surface area (Å²) < 4.78 is 28.1. The Bertz CT molecular complexity index is 481. The highest BCUT2D eigenvalue weighted by molar-refractivity contribution is 7.91. The van der Waals surface area contributed by atoms with Gasteiger partial charge in [0.2, 0.25) is 0 Å². The van der Waals surface area contributed by atoms with E-state index in [4.69, 9.17) is 4.74 Å². The van der Waals surface area contributed by atoms with Crippen LogP contribution in [0.1, 0.15) is 5.56 Å². The predicted molar refractivity (Wildman–Crippen MR) is 60.3 cm³/mol. The molecule has 1 aliphatic rings. The van der Waals surface area contributed by atoms with Crippen LogP contribution in [0.25, 0.3) is 0 Å². The van der Waals surface area contributed by atoms with Crippen molar-refractivity contribution >= 4 is 9.84 Å². The van der Waals surface area contributed by atoms with E-state index in [2.05, 4.69) is 0 Å². The van der Waals surface area contributed by atoms with Gasteiger partial charge in [0, 0.05) is 0 Å². The minimum Gasteiger partial charge on any atom is -0.486 e. The average Bonchev–Trinajstić information content (AvgIpc) is 2.44. The summed E-state index contributed by atoms with van der Waals surface area (Å²) in [6, 6.07) is 7.35.